The standard InChI is InChI=1S/C19H21BrN4O3/c1-11-9-13(20)5-7-15(11)23-17(25)10-21-18(26)14-6-8-16(22-12(14)2)19(27)24(3)4/h5-9H,10H2,1-4H3,(H,21,26)(H,23,25). The summed E-state index contributed by atoms with van der Waals surface area (Å²) in [5.41, 5.74) is 2.59. The lowest BCUT2D eigenvalue weighted by Crippen LogP contribution is -2.33. The predicted molar refractivity (Wildman–Crippen MR) is 107 cm³/mol. The van der Waals surface area contributed by atoms with Crippen molar-refractivity contribution in [3.63, 3.8) is 0 Å². The van der Waals surface area contributed by atoms with Crippen molar-refractivity contribution < 1.29 is 14.4 Å². The van der Waals surface area contributed by atoms with Crippen molar-refractivity contribution in [2.75, 3.05) is 26.0 Å². The fourth-order valence-corrected chi connectivity index (χ4v) is 2.84. The van der Waals surface area contributed by atoms with Gasteiger partial charge in [0.1, 0.15) is 5.69 Å². The smallest absolute Gasteiger partial charge is 0.271 e. The fraction of sp³-hybridized carbons (Fsp3) is 0.263. The highest BCUT2D eigenvalue weighted by Crippen LogP contribution is 2.19. The minimum Gasteiger partial charge on any atom is -0.343 e. The first kappa shape index (κ1) is 20.6. The first-order valence-electron chi connectivity index (χ1n) is 8.22. The predicted octanol–water partition coefficient (Wildman–Crippen LogP) is 2.53. The third-order valence-corrected chi connectivity index (χ3v) is 4.32. The summed E-state index contributed by atoms with van der Waals surface area (Å²) in [6.07, 6.45) is 0. The second-order valence-corrected chi connectivity index (χ2v) is 7.13. The molecule has 142 valence electrons. The average Bonchev–Trinajstić information content (AvgIpc) is 2.61. The van der Waals surface area contributed by atoms with Crippen molar-refractivity contribution in [2.24, 2.45) is 0 Å². The molecule has 0 saturated heterocycles. The van der Waals surface area contributed by atoms with Gasteiger partial charge in [0.25, 0.3) is 11.8 Å². The van der Waals surface area contributed by atoms with Crippen LogP contribution in [-0.4, -0.2) is 48.2 Å². The average molecular weight is 433 g/mol. The number of carbonyl (C=O) groups is 3. The van der Waals surface area contributed by atoms with Crippen LogP contribution in [0.2, 0.25) is 0 Å². The molecule has 2 rings (SSSR count). The summed E-state index contributed by atoms with van der Waals surface area (Å²) in [6, 6.07) is 8.53. The number of halogens is 1. The number of hydrogen-bond acceptors (Lipinski definition) is 4. The van der Waals surface area contributed by atoms with Crippen LogP contribution in [0.25, 0.3) is 0 Å². The first-order valence-corrected chi connectivity index (χ1v) is 9.02. The van der Waals surface area contributed by atoms with E-state index in [4.69, 9.17) is 0 Å². The highest BCUT2D eigenvalue weighted by Gasteiger charge is 2.16. The summed E-state index contributed by atoms with van der Waals surface area (Å²) >= 11 is 3.37. The molecule has 0 fully saturated rings. The van der Waals surface area contributed by atoms with Crippen LogP contribution >= 0.6 is 15.9 Å². The molecular weight excluding hydrogens is 412 g/mol. The number of amides is 3. The molecule has 1 heterocycles. The van der Waals surface area contributed by atoms with E-state index in [1.807, 2.05) is 19.1 Å². The van der Waals surface area contributed by atoms with Crippen molar-refractivity contribution in [1.29, 1.82) is 0 Å². The van der Waals surface area contributed by atoms with Gasteiger partial charge in [-0.1, -0.05) is 15.9 Å². The molecule has 0 aliphatic carbocycles. The van der Waals surface area contributed by atoms with E-state index in [2.05, 4.69) is 31.5 Å². The fourth-order valence-electron chi connectivity index (χ4n) is 2.37. The van der Waals surface area contributed by atoms with Gasteiger partial charge < -0.3 is 15.5 Å². The zero-order valence-electron chi connectivity index (χ0n) is 15.6. The van der Waals surface area contributed by atoms with Crippen molar-refractivity contribution in [3.8, 4) is 0 Å². The maximum atomic E-state index is 12.3. The van der Waals surface area contributed by atoms with Crippen molar-refractivity contribution in [1.82, 2.24) is 15.2 Å². The van der Waals surface area contributed by atoms with E-state index in [1.165, 1.54) is 17.0 Å². The van der Waals surface area contributed by atoms with Crippen LogP contribution in [0, 0.1) is 13.8 Å². The van der Waals surface area contributed by atoms with E-state index in [9.17, 15) is 14.4 Å². The zero-order chi connectivity index (χ0) is 20.1. The molecule has 1 aromatic carbocycles. The van der Waals surface area contributed by atoms with Crippen LogP contribution in [0.1, 0.15) is 32.1 Å². The molecule has 27 heavy (non-hydrogen) atoms. The summed E-state index contributed by atoms with van der Waals surface area (Å²) in [4.78, 5) is 41.9. The van der Waals surface area contributed by atoms with Gasteiger partial charge in [-0.25, -0.2) is 4.98 Å². The number of anilines is 1. The Morgan fingerprint density at radius 3 is 2.41 bits per heavy atom. The largest absolute Gasteiger partial charge is 0.343 e. The molecule has 0 saturated carbocycles. The van der Waals surface area contributed by atoms with Crippen molar-refractivity contribution >= 4 is 39.3 Å². The van der Waals surface area contributed by atoms with Gasteiger partial charge in [-0.15, -0.1) is 0 Å². The molecule has 2 N–H and O–H groups in total. The lowest BCUT2D eigenvalue weighted by atomic mass is 10.1. The number of pyridine rings is 1. The van der Waals surface area contributed by atoms with Crippen molar-refractivity contribution in [2.45, 2.75) is 13.8 Å². The van der Waals surface area contributed by atoms with Gasteiger partial charge in [0.05, 0.1) is 17.8 Å². The Kier molecular flexibility index (Phi) is 6.68. The minimum absolute atomic E-state index is 0.174. The first-order chi connectivity index (χ1) is 12.7. The van der Waals surface area contributed by atoms with E-state index in [1.54, 1.807) is 27.1 Å². The molecule has 2 aromatic rings. The lowest BCUT2D eigenvalue weighted by molar-refractivity contribution is -0.115. The highest BCUT2D eigenvalue weighted by atomic mass is 79.9. The second kappa shape index (κ2) is 8.77. The molecule has 0 aliphatic heterocycles. The van der Waals surface area contributed by atoms with Crippen LogP contribution in [0.4, 0.5) is 5.69 Å². The third-order valence-electron chi connectivity index (χ3n) is 3.83. The van der Waals surface area contributed by atoms with Gasteiger partial charge in [-0.2, -0.15) is 0 Å². The van der Waals surface area contributed by atoms with Crippen LogP contribution < -0.4 is 10.6 Å². The number of benzene rings is 1. The van der Waals surface area contributed by atoms with Gasteiger partial charge in [0.15, 0.2) is 0 Å². The Balaban J connectivity index is 1.99. The maximum absolute atomic E-state index is 12.3. The number of hydrogen-bond donors (Lipinski definition) is 2. The number of carbonyl (C=O) groups excluding carboxylic acids is 3. The SMILES string of the molecule is Cc1cc(Br)ccc1NC(=O)CNC(=O)c1ccc(C(=O)N(C)C)nc1C. The minimum atomic E-state index is -0.425. The molecule has 0 aliphatic rings. The molecule has 0 spiro atoms. The Bertz CT molecular complexity index is 897. The number of nitrogens with zero attached hydrogens (tertiary/aromatic N) is 2. The molecule has 7 nitrogen and oxygen atoms in total. The van der Waals surface area contributed by atoms with Crippen LogP contribution in [-0.2, 0) is 4.79 Å². The zero-order valence-corrected chi connectivity index (χ0v) is 17.2. The molecule has 0 unspecified atom stereocenters. The molecule has 0 atom stereocenters. The van der Waals surface area contributed by atoms with Gasteiger partial charge in [0.2, 0.25) is 5.91 Å². The third kappa shape index (κ3) is 5.37. The highest BCUT2D eigenvalue weighted by molar-refractivity contribution is 9.10. The topological polar surface area (TPSA) is 91.4 Å². The summed E-state index contributed by atoms with van der Waals surface area (Å²) in [6.45, 7) is 3.35. The van der Waals surface area contributed by atoms with Gasteiger partial charge in [0, 0.05) is 24.3 Å². The van der Waals surface area contributed by atoms with E-state index >= 15 is 0 Å². The summed E-state index contributed by atoms with van der Waals surface area (Å²) in [7, 11) is 3.26. The van der Waals surface area contributed by atoms with Crippen LogP contribution in [0.5, 0.6) is 0 Å². The van der Waals surface area contributed by atoms with E-state index < -0.39 is 5.91 Å². The van der Waals surface area contributed by atoms with Crippen molar-refractivity contribution in [3.05, 3.63) is 57.3 Å². The Morgan fingerprint density at radius 1 is 1.11 bits per heavy atom. The second-order valence-electron chi connectivity index (χ2n) is 6.22. The Hall–Kier alpha value is -2.74. The van der Waals surface area contributed by atoms with Crippen LogP contribution in [0.15, 0.2) is 34.8 Å². The van der Waals surface area contributed by atoms with E-state index in [0.29, 0.717) is 16.9 Å². The molecule has 0 radical (unpaired) electrons. The normalized spacial score (nSPS) is 10.3. The van der Waals surface area contributed by atoms with Gasteiger partial charge in [-0.05, 0) is 49.7 Å². The summed E-state index contributed by atoms with van der Waals surface area (Å²) in [5.74, 6) is -1.00. The summed E-state index contributed by atoms with van der Waals surface area (Å²) in [5, 5.41) is 5.32. The molecular formula is C19H21BrN4O3. The number of rotatable bonds is 5. The number of aromatic nitrogens is 1. The molecule has 8 heteroatoms. The van der Waals surface area contributed by atoms with E-state index in [-0.39, 0.29) is 24.1 Å². The number of nitrogens with one attached hydrogen (secondary N) is 2. The number of aryl methyl sites for hydroxylation is 2. The lowest BCUT2D eigenvalue weighted by Gasteiger charge is -2.12. The van der Waals surface area contributed by atoms with Gasteiger partial charge in [-0.3, -0.25) is 14.4 Å². The van der Waals surface area contributed by atoms with Crippen LogP contribution in [0.3, 0.4) is 0 Å². The maximum Gasteiger partial charge on any atom is 0.271 e. The molecule has 1 aromatic heterocycles. The molecule has 0 bridgehead atoms. The van der Waals surface area contributed by atoms with E-state index in [0.717, 1.165) is 10.0 Å². The summed E-state index contributed by atoms with van der Waals surface area (Å²) < 4.78 is 0.922. The monoisotopic (exact) mass is 432 g/mol. The Morgan fingerprint density at radius 2 is 1.81 bits per heavy atom. The quantitative estimate of drug-likeness (QED) is 0.758. The van der Waals surface area contributed by atoms with Gasteiger partial charge >= 0.3 is 0 Å². The molecule has 3 amide bonds. The Labute approximate surface area is 166 Å².